The highest BCUT2D eigenvalue weighted by Crippen LogP contribution is 2.46. The van der Waals surface area contributed by atoms with Crippen molar-refractivity contribution >= 4 is 11.4 Å². The van der Waals surface area contributed by atoms with E-state index in [9.17, 15) is 0 Å². The van der Waals surface area contributed by atoms with Crippen molar-refractivity contribution in [2.24, 2.45) is 0 Å². The predicted molar refractivity (Wildman–Crippen MR) is 75.0 cm³/mol. The van der Waals surface area contributed by atoms with Gasteiger partial charge in [0.25, 0.3) is 0 Å². The summed E-state index contributed by atoms with van der Waals surface area (Å²) >= 11 is 0. The fraction of sp³-hybridized carbons (Fsp3) is 0.375. The number of para-hydroxylation sites is 1. The van der Waals surface area contributed by atoms with E-state index < -0.39 is 0 Å². The van der Waals surface area contributed by atoms with Gasteiger partial charge in [-0.1, -0.05) is 24.1 Å². The fourth-order valence-electron chi connectivity index (χ4n) is 3.46. The van der Waals surface area contributed by atoms with E-state index in [4.69, 9.17) is 11.3 Å². The first-order valence-corrected chi connectivity index (χ1v) is 6.86. The Hall–Kier alpha value is -1.92. The largest absolute Gasteiger partial charge is 0.378 e. The van der Waals surface area contributed by atoms with Crippen molar-refractivity contribution in [2.75, 3.05) is 11.9 Å². The molecule has 2 aliphatic heterocycles. The van der Waals surface area contributed by atoms with Crippen LogP contribution < -0.4 is 5.32 Å². The van der Waals surface area contributed by atoms with Crippen molar-refractivity contribution in [3.63, 3.8) is 0 Å². The van der Waals surface area contributed by atoms with E-state index in [-0.39, 0.29) is 6.10 Å². The number of hydrogen-bond donors (Lipinski definition) is 1. The van der Waals surface area contributed by atoms with Crippen LogP contribution in [0.15, 0.2) is 29.8 Å². The van der Waals surface area contributed by atoms with Gasteiger partial charge in [-0.15, -0.1) is 6.42 Å². The molecule has 2 heterocycles. The van der Waals surface area contributed by atoms with E-state index in [0.29, 0.717) is 12.6 Å². The fourth-order valence-corrected chi connectivity index (χ4v) is 3.46. The third-order valence-electron chi connectivity index (χ3n) is 4.21. The molecular formula is C16H16N2O. The molecule has 19 heavy (non-hydrogen) atoms. The Balaban J connectivity index is 1.89. The summed E-state index contributed by atoms with van der Waals surface area (Å²) in [6.45, 7) is 0.510. The molecule has 1 saturated carbocycles. The summed E-state index contributed by atoms with van der Waals surface area (Å²) in [6, 6.07) is 8.82. The molecule has 0 amide bonds. The third kappa shape index (κ3) is 1.50. The Morgan fingerprint density at radius 1 is 1.37 bits per heavy atom. The zero-order chi connectivity index (χ0) is 12.8. The molecule has 96 valence electrons. The quantitative estimate of drug-likeness (QED) is 0.778. The molecule has 1 aliphatic carbocycles. The van der Waals surface area contributed by atoms with E-state index >= 15 is 0 Å². The highest BCUT2D eigenvalue weighted by atomic mass is 16.7. The zero-order valence-corrected chi connectivity index (χ0v) is 10.7. The molecule has 1 aromatic carbocycles. The van der Waals surface area contributed by atoms with Gasteiger partial charge in [-0.05, 0) is 25.3 Å². The number of hydroxylamine groups is 2. The summed E-state index contributed by atoms with van der Waals surface area (Å²) in [4.78, 5) is 6.05. The number of nitrogens with one attached hydrogen (secondary N) is 1. The number of fused-ring (bicyclic) bond motifs is 2. The minimum Gasteiger partial charge on any atom is -0.378 e. The molecule has 0 bridgehead atoms. The summed E-state index contributed by atoms with van der Waals surface area (Å²) in [5, 5.41) is 5.56. The molecule has 2 atom stereocenters. The SMILES string of the molecule is C#CCN1OC2CCCC3Nc4ccccc4C1=C32. The van der Waals surface area contributed by atoms with Gasteiger partial charge in [0.15, 0.2) is 0 Å². The van der Waals surface area contributed by atoms with Crippen LogP contribution >= 0.6 is 0 Å². The van der Waals surface area contributed by atoms with Gasteiger partial charge in [0, 0.05) is 16.8 Å². The average Bonchev–Trinajstić information content (AvgIpc) is 2.80. The van der Waals surface area contributed by atoms with E-state index in [1.807, 2.05) is 5.06 Å². The number of anilines is 1. The van der Waals surface area contributed by atoms with Gasteiger partial charge in [-0.25, -0.2) is 5.06 Å². The number of nitrogens with zero attached hydrogens (tertiary/aromatic N) is 1. The van der Waals surface area contributed by atoms with Crippen molar-refractivity contribution < 1.29 is 4.84 Å². The Kier molecular flexibility index (Phi) is 2.33. The first-order valence-electron chi connectivity index (χ1n) is 6.86. The van der Waals surface area contributed by atoms with Gasteiger partial charge < -0.3 is 5.32 Å². The smallest absolute Gasteiger partial charge is 0.111 e. The van der Waals surface area contributed by atoms with Crippen LogP contribution in [0.4, 0.5) is 5.69 Å². The molecule has 4 rings (SSSR count). The second kappa shape index (κ2) is 4.04. The van der Waals surface area contributed by atoms with Crippen molar-refractivity contribution in [1.82, 2.24) is 5.06 Å². The molecule has 0 spiro atoms. The summed E-state index contributed by atoms with van der Waals surface area (Å²) in [7, 11) is 0. The minimum atomic E-state index is 0.211. The third-order valence-corrected chi connectivity index (χ3v) is 4.21. The highest BCUT2D eigenvalue weighted by molar-refractivity contribution is 5.83. The van der Waals surface area contributed by atoms with Crippen molar-refractivity contribution in [1.29, 1.82) is 0 Å². The van der Waals surface area contributed by atoms with Gasteiger partial charge in [-0.3, -0.25) is 4.84 Å². The predicted octanol–water partition coefficient (Wildman–Crippen LogP) is 2.62. The molecule has 3 nitrogen and oxygen atoms in total. The lowest BCUT2D eigenvalue weighted by molar-refractivity contribution is -0.119. The monoisotopic (exact) mass is 252 g/mol. The number of benzene rings is 1. The topological polar surface area (TPSA) is 24.5 Å². The number of hydrogen-bond acceptors (Lipinski definition) is 3. The molecule has 0 saturated heterocycles. The van der Waals surface area contributed by atoms with Gasteiger partial charge in [0.2, 0.25) is 0 Å². The van der Waals surface area contributed by atoms with Crippen LogP contribution in [0.25, 0.3) is 5.70 Å². The van der Waals surface area contributed by atoms with E-state index in [2.05, 4.69) is 35.5 Å². The van der Waals surface area contributed by atoms with Crippen LogP contribution in [0.3, 0.4) is 0 Å². The zero-order valence-electron chi connectivity index (χ0n) is 10.7. The van der Waals surface area contributed by atoms with Crippen LogP contribution in [-0.2, 0) is 4.84 Å². The van der Waals surface area contributed by atoms with Crippen molar-refractivity contribution in [2.45, 2.75) is 31.4 Å². The normalized spacial score (nSPS) is 27.4. The Morgan fingerprint density at radius 3 is 3.16 bits per heavy atom. The molecule has 1 fully saturated rings. The van der Waals surface area contributed by atoms with Crippen LogP contribution in [0.1, 0.15) is 24.8 Å². The first kappa shape index (κ1) is 11.0. The van der Waals surface area contributed by atoms with Gasteiger partial charge in [0.05, 0.1) is 11.7 Å². The van der Waals surface area contributed by atoms with Crippen molar-refractivity contribution in [3.8, 4) is 12.3 Å². The lowest BCUT2D eigenvalue weighted by Gasteiger charge is -2.33. The number of terminal acetylenes is 1. The molecule has 3 aliphatic rings. The van der Waals surface area contributed by atoms with E-state index in [1.165, 1.54) is 35.4 Å². The standard InChI is InChI=1S/C16H16N2O/c1-2-10-18-16-11-6-3-4-7-12(11)17-13-8-5-9-14(19-18)15(13)16/h1,3-4,6-7,13-14,17H,5,8-10H2. The van der Waals surface area contributed by atoms with Crippen LogP contribution in [-0.4, -0.2) is 23.8 Å². The van der Waals surface area contributed by atoms with Crippen LogP contribution in [0.5, 0.6) is 0 Å². The van der Waals surface area contributed by atoms with Gasteiger partial charge >= 0.3 is 0 Å². The van der Waals surface area contributed by atoms with Crippen molar-refractivity contribution in [3.05, 3.63) is 35.4 Å². The Bertz CT molecular complexity index is 599. The molecule has 0 radical (unpaired) electrons. The van der Waals surface area contributed by atoms with Crippen LogP contribution in [0, 0.1) is 12.3 Å². The Labute approximate surface area is 113 Å². The lowest BCUT2D eigenvalue weighted by Crippen LogP contribution is -2.34. The second-order valence-electron chi connectivity index (χ2n) is 5.31. The summed E-state index contributed by atoms with van der Waals surface area (Å²) in [5.41, 5.74) is 5.02. The summed E-state index contributed by atoms with van der Waals surface area (Å²) in [5.74, 6) is 2.70. The molecule has 1 N–H and O–H groups in total. The highest BCUT2D eigenvalue weighted by Gasteiger charge is 2.42. The van der Waals surface area contributed by atoms with E-state index in [0.717, 1.165) is 6.42 Å². The van der Waals surface area contributed by atoms with E-state index in [1.54, 1.807) is 0 Å². The van der Waals surface area contributed by atoms with Gasteiger partial charge in [-0.2, -0.15) is 0 Å². The maximum atomic E-state index is 6.05. The maximum absolute atomic E-state index is 6.05. The van der Waals surface area contributed by atoms with Crippen LogP contribution in [0.2, 0.25) is 0 Å². The second-order valence-corrected chi connectivity index (χ2v) is 5.31. The molecular weight excluding hydrogens is 236 g/mol. The Morgan fingerprint density at radius 2 is 2.26 bits per heavy atom. The first-order chi connectivity index (χ1) is 9.38. The van der Waals surface area contributed by atoms with Gasteiger partial charge in [0.1, 0.15) is 12.6 Å². The molecule has 0 aromatic heterocycles. The summed E-state index contributed by atoms with van der Waals surface area (Å²) in [6.07, 6.45) is 9.16. The summed E-state index contributed by atoms with van der Waals surface area (Å²) < 4.78 is 0. The molecule has 3 heteroatoms. The maximum Gasteiger partial charge on any atom is 0.111 e. The lowest BCUT2D eigenvalue weighted by atomic mass is 9.82. The minimum absolute atomic E-state index is 0.211. The molecule has 1 aromatic rings. The average molecular weight is 252 g/mol. The molecule has 2 unspecified atom stereocenters. The number of rotatable bonds is 1.